The summed E-state index contributed by atoms with van der Waals surface area (Å²) in [5.41, 5.74) is 2.81. The molecule has 0 spiro atoms. The van der Waals surface area contributed by atoms with E-state index < -0.39 is 22.6 Å². The maximum atomic E-state index is 12.7. The lowest BCUT2D eigenvalue weighted by Crippen LogP contribution is -2.16. The molecule has 0 saturated heterocycles. The number of Topliss-reactive ketones (excluding diaryl/α,β-unsaturated/α-hetero) is 1. The zero-order valence-corrected chi connectivity index (χ0v) is 20.8. The van der Waals surface area contributed by atoms with Crippen molar-refractivity contribution in [1.29, 1.82) is 0 Å². The molecule has 0 aliphatic heterocycles. The number of carbonyl (C=O) groups is 2. The zero-order valence-electron chi connectivity index (χ0n) is 18.3. The Labute approximate surface area is 211 Å². The van der Waals surface area contributed by atoms with Gasteiger partial charge in [0.25, 0.3) is 10.0 Å². The summed E-state index contributed by atoms with van der Waals surface area (Å²) in [7, 11) is -3.92. The molecule has 176 valence electrons. The summed E-state index contributed by atoms with van der Waals surface area (Å²) >= 11 is 3.30. The van der Waals surface area contributed by atoms with Gasteiger partial charge in [-0.1, -0.05) is 76.6 Å². The van der Waals surface area contributed by atoms with E-state index >= 15 is 0 Å². The van der Waals surface area contributed by atoms with Crippen LogP contribution in [0.5, 0.6) is 0 Å². The molecule has 35 heavy (non-hydrogen) atoms. The SMILES string of the molecule is O=C(COC(=O)c1cccc(S(=O)(=O)Nc2ccc(Br)cc2)c1)c1ccc(-c2ccccc2)cc1. The van der Waals surface area contributed by atoms with Gasteiger partial charge >= 0.3 is 5.97 Å². The molecule has 0 atom stereocenters. The van der Waals surface area contributed by atoms with Crippen LogP contribution in [0.4, 0.5) is 5.69 Å². The summed E-state index contributed by atoms with van der Waals surface area (Å²) in [5.74, 6) is -1.15. The van der Waals surface area contributed by atoms with Crippen LogP contribution in [0.15, 0.2) is 112 Å². The van der Waals surface area contributed by atoms with Crippen LogP contribution in [-0.4, -0.2) is 26.8 Å². The number of anilines is 1. The molecule has 0 aliphatic rings. The highest BCUT2D eigenvalue weighted by Crippen LogP contribution is 2.21. The lowest BCUT2D eigenvalue weighted by molar-refractivity contribution is 0.0474. The van der Waals surface area contributed by atoms with Crippen molar-refractivity contribution < 1.29 is 22.7 Å². The fourth-order valence-corrected chi connectivity index (χ4v) is 4.67. The van der Waals surface area contributed by atoms with Crippen LogP contribution < -0.4 is 4.72 Å². The van der Waals surface area contributed by atoms with Gasteiger partial charge in [-0.3, -0.25) is 9.52 Å². The number of hydrogen-bond acceptors (Lipinski definition) is 5. The van der Waals surface area contributed by atoms with Crippen LogP contribution in [0.2, 0.25) is 0 Å². The van der Waals surface area contributed by atoms with E-state index in [9.17, 15) is 18.0 Å². The second-order valence-corrected chi connectivity index (χ2v) is 10.2. The van der Waals surface area contributed by atoms with Crippen LogP contribution in [-0.2, 0) is 14.8 Å². The quantitative estimate of drug-likeness (QED) is 0.216. The molecule has 0 amide bonds. The lowest BCUT2D eigenvalue weighted by atomic mass is 10.0. The average Bonchev–Trinajstić information content (AvgIpc) is 2.89. The first kappa shape index (κ1) is 24.4. The van der Waals surface area contributed by atoms with Gasteiger partial charge in [-0.25, -0.2) is 13.2 Å². The second kappa shape index (κ2) is 10.7. The van der Waals surface area contributed by atoms with Crippen molar-refractivity contribution in [3.05, 3.63) is 119 Å². The number of rotatable bonds is 8. The van der Waals surface area contributed by atoms with Crippen molar-refractivity contribution in [1.82, 2.24) is 0 Å². The zero-order chi connectivity index (χ0) is 24.8. The van der Waals surface area contributed by atoms with Crippen molar-refractivity contribution in [3.63, 3.8) is 0 Å². The molecular weight excluding hydrogens is 530 g/mol. The molecule has 1 N–H and O–H groups in total. The normalized spacial score (nSPS) is 11.0. The number of sulfonamides is 1. The molecule has 4 rings (SSSR count). The predicted octanol–water partition coefficient (Wildman–Crippen LogP) is 5.96. The first-order chi connectivity index (χ1) is 16.8. The van der Waals surface area contributed by atoms with E-state index in [1.807, 2.05) is 42.5 Å². The van der Waals surface area contributed by atoms with E-state index in [0.717, 1.165) is 15.6 Å². The molecule has 0 fully saturated rings. The van der Waals surface area contributed by atoms with E-state index in [-0.39, 0.29) is 16.2 Å². The maximum Gasteiger partial charge on any atom is 0.338 e. The van der Waals surface area contributed by atoms with Gasteiger partial charge in [-0.2, -0.15) is 0 Å². The van der Waals surface area contributed by atoms with Gasteiger partial charge in [-0.15, -0.1) is 0 Å². The third-order valence-corrected chi connectivity index (χ3v) is 7.03. The summed E-state index contributed by atoms with van der Waals surface area (Å²) in [4.78, 5) is 24.9. The standard InChI is InChI=1S/C27H20BrNO5S/c28-23-13-15-24(16-14-23)29-35(32,33)25-8-4-7-22(17-25)27(31)34-18-26(30)21-11-9-20(10-12-21)19-5-2-1-3-6-19/h1-17,29H,18H2. The summed E-state index contributed by atoms with van der Waals surface area (Å²) in [5, 5.41) is 0. The monoisotopic (exact) mass is 549 g/mol. The van der Waals surface area contributed by atoms with Crippen LogP contribution in [0, 0.1) is 0 Å². The Bertz CT molecular complexity index is 1450. The fourth-order valence-electron chi connectivity index (χ4n) is 3.30. The van der Waals surface area contributed by atoms with Crippen molar-refractivity contribution in [2.45, 2.75) is 4.90 Å². The number of halogens is 1. The van der Waals surface area contributed by atoms with E-state index in [0.29, 0.717) is 11.3 Å². The Hall–Kier alpha value is -3.75. The molecule has 0 heterocycles. The van der Waals surface area contributed by atoms with Gasteiger partial charge in [0.2, 0.25) is 0 Å². The van der Waals surface area contributed by atoms with E-state index in [4.69, 9.17) is 4.74 Å². The highest BCUT2D eigenvalue weighted by Gasteiger charge is 2.18. The lowest BCUT2D eigenvalue weighted by Gasteiger charge is -2.10. The Morgan fingerprint density at radius 3 is 2.09 bits per heavy atom. The molecular formula is C27H20BrNO5S. The first-order valence-corrected chi connectivity index (χ1v) is 12.8. The van der Waals surface area contributed by atoms with E-state index in [2.05, 4.69) is 20.7 Å². The van der Waals surface area contributed by atoms with Crippen molar-refractivity contribution in [2.75, 3.05) is 11.3 Å². The van der Waals surface area contributed by atoms with E-state index in [1.165, 1.54) is 24.3 Å². The molecule has 0 bridgehead atoms. The van der Waals surface area contributed by atoms with Crippen LogP contribution in [0.1, 0.15) is 20.7 Å². The molecule has 0 saturated carbocycles. The minimum Gasteiger partial charge on any atom is -0.454 e. The molecule has 6 nitrogen and oxygen atoms in total. The predicted molar refractivity (Wildman–Crippen MR) is 138 cm³/mol. The molecule has 4 aromatic carbocycles. The highest BCUT2D eigenvalue weighted by molar-refractivity contribution is 9.10. The smallest absolute Gasteiger partial charge is 0.338 e. The number of benzene rings is 4. The molecule has 8 heteroatoms. The number of ether oxygens (including phenoxy) is 1. The molecule has 0 aliphatic carbocycles. The van der Waals surface area contributed by atoms with Crippen molar-refractivity contribution in [3.8, 4) is 11.1 Å². The van der Waals surface area contributed by atoms with Gasteiger partial charge in [0.05, 0.1) is 10.5 Å². The number of ketones is 1. The van der Waals surface area contributed by atoms with Gasteiger partial charge in [0, 0.05) is 15.7 Å². The summed E-state index contributed by atoms with van der Waals surface area (Å²) < 4.78 is 33.8. The summed E-state index contributed by atoms with van der Waals surface area (Å²) in [6.07, 6.45) is 0. The Morgan fingerprint density at radius 1 is 0.743 bits per heavy atom. The molecule has 4 aromatic rings. The summed E-state index contributed by atoms with van der Waals surface area (Å²) in [6.45, 7) is -0.461. The Morgan fingerprint density at radius 2 is 1.40 bits per heavy atom. The molecule has 0 radical (unpaired) electrons. The minimum atomic E-state index is -3.92. The molecule has 0 unspecified atom stereocenters. The topological polar surface area (TPSA) is 89.5 Å². The van der Waals surface area contributed by atoms with Gasteiger partial charge in [0.1, 0.15) is 0 Å². The fraction of sp³-hybridized carbons (Fsp3) is 0.0370. The number of hydrogen-bond donors (Lipinski definition) is 1. The minimum absolute atomic E-state index is 0.0240. The van der Waals surface area contributed by atoms with Crippen molar-refractivity contribution in [2.24, 2.45) is 0 Å². The maximum absolute atomic E-state index is 12.7. The first-order valence-electron chi connectivity index (χ1n) is 10.6. The third kappa shape index (κ3) is 6.23. The number of nitrogens with one attached hydrogen (secondary N) is 1. The Balaban J connectivity index is 1.40. The number of esters is 1. The number of carbonyl (C=O) groups excluding carboxylic acids is 2. The van der Waals surface area contributed by atoms with Gasteiger partial charge in [-0.05, 0) is 53.6 Å². The third-order valence-electron chi connectivity index (χ3n) is 5.12. The molecule has 0 aromatic heterocycles. The largest absolute Gasteiger partial charge is 0.454 e. The average molecular weight is 550 g/mol. The van der Waals surface area contributed by atoms with Crippen LogP contribution in [0.25, 0.3) is 11.1 Å². The van der Waals surface area contributed by atoms with Crippen LogP contribution in [0.3, 0.4) is 0 Å². The summed E-state index contributed by atoms with van der Waals surface area (Å²) in [6, 6.07) is 28.9. The second-order valence-electron chi connectivity index (χ2n) is 7.58. The van der Waals surface area contributed by atoms with Crippen molar-refractivity contribution >= 4 is 43.4 Å². The van der Waals surface area contributed by atoms with Gasteiger partial charge in [0.15, 0.2) is 12.4 Å². The Kier molecular flexibility index (Phi) is 7.43. The highest BCUT2D eigenvalue weighted by atomic mass is 79.9. The van der Waals surface area contributed by atoms with Crippen LogP contribution >= 0.6 is 15.9 Å². The van der Waals surface area contributed by atoms with E-state index in [1.54, 1.807) is 36.4 Å². The van der Waals surface area contributed by atoms with Gasteiger partial charge < -0.3 is 4.74 Å².